The van der Waals surface area contributed by atoms with Gasteiger partial charge in [0.25, 0.3) is 5.56 Å². The van der Waals surface area contributed by atoms with Gasteiger partial charge in [0, 0.05) is 35.5 Å². The van der Waals surface area contributed by atoms with Crippen LogP contribution in [0.5, 0.6) is 0 Å². The number of ether oxygens (including phenoxy) is 1. The second kappa shape index (κ2) is 8.94. The Morgan fingerprint density at radius 2 is 2.10 bits per heavy atom. The molecule has 0 bridgehead atoms. The van der Waals surface area contributed by atoms with Crippen LogP contribution in [-0.2, 0) is 17.0 Å². The molecule has 0 radical (unpaired) electrons. The third kappa shape index (κ3) is 4.35. The molecule has 0 fully saturated rings. The molecule has 3 aromatic heterocycles. The van der Waals surface area contributed by atoms with E-state index >= 15 is 0 Å². The topological polar surface area (TPSA) is 103 Å². The van der Waals surface area contributed by atoms with E-state index in [4.69, 9.17) is 9.15 Å². The standard InChI is InChI=1S/C21H19N3O5S2/c1-3-24-19(26)18-15(7-8-30-18)23-20(24)31-11-12-9-17(25)29-16-10-13(5-6-14(12)16)22-21(27)28-4-2/h5-10H,3-4,11H2,1-2H3,(H,22,27). The van der Waals surface area contributed by atoms with Gasteiger partial charge in [-0.25, -0.2) is 14.6 Å². The second-order valence-electron chi connectivity index (χ2n) is 6.51. The van der Waals surface area contributed by atoms with Gasteiger partial charge in [-0.3, -0.25) is 14.7 Å². The lowest BCUT2D eigenvalue weighted by Crippen LogP contribution is -2.21. The van der Waals surface area contributed by atoms with Crippen molar-refractivity contribution in [1.29, 1.82) is 0 Å². The number of amides is 1. The number of thiophene rings is 1. The summed E-state index contributed by atoms with van der Waals surface area (Å²) in [5.74, 6) is 0.425. The molecule has 0 atom stereocenters. The Morgan fingerprint density at radius 3 is 2.87 bits per heavy atom. The maximum absolute atomic E-state index is 12.7. The Labute approximate surface area is 184 Å². The minimum absolute atomic E-state index is 0.0582. The average molecular weight is 458 g/mol. The number of nitrogens with one attached hydrogen (secondary N) is 1. The van der Waals surface area contributed by atoms with Gasteiger partial charge >= 0.3 is 11.7 Å². The molecule has 0 saturated carbocycles. The number of aromatic nitrogens is 2. The maximum Gasteiger partial charge on any atom is 0.411 e. The third-order valence-corrected chi connectivity index (χ3v) is 6.47. The van der Waals surface area contributed by atoms with Crippen LogP contribution in [0.2, 0.25) is 0 Å². The highest BCUT2D eigenvalue weighted by Gasteiger charge is 2.14. The zero-order valence-corrected chi connectivity index (χ0v) is 18.5. The highest BCUT2D eigenvalue weighted by Crippen LogP contribution is 2.28. The number of thioether (sulfide) groups is 1. The normalized spacial score (nSPS) is 11.2. The zero-order valence-electron chi connectivity index (χ0n) is 16.8. The largest absolute Gasteiger partial charge is 0.450 e. The van der Waals surface area contributed by atoms with Crippen molar-refractivity contribution in [2.24, 2.45) is 0 Å². The Kier molecular flexibility index (Phi) is 6.10. The van der Waals surface area contributed by atoms with Crippen molar-refractivity contribution in [1.82, 2.24) is 9.55 Å². The van der Waals surface area contributed by atoms with Crippen molar-refractivity contribution in [3.63, 3.8) is 0 Å². The number of carbonyl (C=O) groups is 1. The molecule has 31 heavy (non-hydrogen) atoms. The molecule has 3 heterocycles. The van der Waals surface area contributed by atoms with E-state index in [9.17, 15) is 14.4 Å². The van der Waals surface area contributed by atoms with Gasteiger partial charge < -0.3 is 9.15 Å². The van der Waals surface area contributed by atoms with Crippen LogP contribution in [0.4, 0.5) is 10.5 Å². The highest BCUT2D eigenvalue weighted by atomic mass is 32.2. The summed E-state index contributed by atoms with van der Waals surface area (Å²) in [4.78, 5) is 41.1. The Balaban J connectivity index is 1.66. The number of nitrogens with zero attached hydrogens (tertiary/aromatic N) is 2. The Hall–Kier alpha value is -3.11. The minimum atomic E-state index is -0.580. The molecule has 1 N–H and O–H groups in total. The van der Waals surface area contributed by atoms with Crippen LogP contribution in [0.15, 0.2) is 54.9 Å². The van der Waals surface area contributed by atoms with E-state index in [0.29, 0.717) is 38.9 Å². The van der Waals surface area contributed by atoms with Gasteiger partial charge in [-0.2, -0.15) is 0 Å². The van der Waals surface area contributed by atoms with Crippen molar-refractivity contribution in [3.8, 4) is 0 Å². The van der Waals surface area contributed by atoms with Gasteiger partial charge in [-0.15, -0.1) is 11.3 Å². The molecule has 0 aliphatic heterocycles. The van der Waals surface area contributed by atoms with Crippen LogP contribution in [0.1, 0.15) is 19.4 Å². The summed E-state index contributed by atoms with van der Waals surface area (Å²) in [6.07, 6.45) is -0.580. The summed E-state index contributed by atoms with van der Waals surface area (Å²) < 4.78 is 12.5. The molecule has 0 aliphatic carbocycles. The molecule has 4 aromatic rings. The van der Waals surface area contributed by atoms with Crippen LogP contribution in [-0.4, -0.2) is 22.3 Å². The number of fused-ring (bicyclic) bond motifs is 2. The van der Waals surface area contributed by atoms with Gasteiger partial charge in [0.15, 0.2) is 5.16 Å². The van der Waals surface area contributed by atoms with Crippen molar-refractivity contribution in [2.75, 3.05) is 11.9 Å². The maximum atomic E-state index is 12.7. The van der Waals surface area contributed by atoms with Gasteiger partial charge in [-0.1, -0.05) is 11.8 Å². The van der Waals surface area contributed by atoms with Crippen molar-refractivity contribution >= 4 is 56.1 Å². The minimum Gasteiger partial charge on any atom is -0.450 e. The van der Waals surface area contributed by atoms with E-state index in [1.807, 2.05) is 18.4 Å². The first-order valence-corrected chi connectivity index (χ1v) is 11.5. The lowest BCUT2D eigenvalue weighted by molar-refractivity contribution is 0.168. The van der Waals surface area contributed by atoms with E-state index in [-0.39, 0.29) is 12.2 Å². The molecule has 0 saturated heterocycles. The number of anilines is 1. The summed E-state index contributed by atoms with van der Waals surface area (Å²) in [6, 6.07) is 8.34. The molecule has 0 aliphatic rings. The summed E-state index contributed by atoms with van der Waals surface area (Å²) in [7, 11) is 0. The van der Waals surface area contributed by atoms with Crippen LogP contribution in [0.25, 0.3) is 21.2 Å². The van der Waals surface area contributed by atoms with E-state index in [1.165, 1.54) is 29.2 Å². The molecule has 1 aromatic carbocycles. The van der Waals surface area contributed by atoms with Crippen LogP contribution in [0, 0.1) is 0 Å². The van der Waals surface area contributed by atoms with E-state index in [2.05, 4.69) is 10.3 Å². The van der Waals surface area contributed by atoms with Gasteiger partial charge in [0.1, 0.15) is 10.3 Å². The number of benzene rings is 1. The predicted octanol–water partition coefficient (Wildman–Crippen LogP) is 4.45. The molecule has 0 unspecified atom stereocenters. The monoisotopic (exact) mass is 457 g/mol. The molecule has 8 nitrogen and oxygen atoms in total. The molecule has 10 heteroatoms. The number of carbonyl (C=O) groups excluding carboxylic acids is 1. The Morgan fingerprint density at radius 1 is 1.26 bits per heavy atom. The summed E-state index contributed by atoms with van der Waals surface area (Å²) in [5, 5.41) is 5.78. The summed E-state index contributed by atoms with van der Waals surface area (Å²) in [6.45, 7) is 4.37. The lowest BCUT2D eigenvalue weighted by atomic mass is 10.1. The van der Waals surface area contributed by atoms with Gasteiger partial charge in [-0.05, 0) is 43.0 Å². The molecule has 1 amide bonds. The smallest absolute Gasteiger partial charge is 0.411 e. The summed E-state index contributed by atoms with van der Waals surface area (Å²) >= 11 is 2.77. The van der Waals surface area contributed by atoms with Gasteiger partial charge in [0.05, 0.1) is 12.1 Å². The SMILES string of the molecule is CCOC(=O)Nc1ccc2c(CSc3nc4ccsc4c(=O)n3CC)cc(=O)oc2c1. The third-order valence-electron chi connectivity index (χ3n) is 4.56. The van der Waals surface area contributed by atoms with Crippen LogP contribution < -0.4 is 16.5 Å². The van der Waals surface area contributed by atoms with E-state index < -0.39 is 11.7 Å². The first kappa shape index (κ1) is 21.1. The fourth-order valence-corrected chi connectivity index (χ4v) is 5.00. The second-order valence-corrected chi connectivity index (χ2v) is 8.37. The highest BCUT2D eigenvalue weighted by molar-refractivity contribution is 7.98. The van der Waals surface area contributed by atoms with Crippen molar-refractivity contribution in [3.05, 3.63) is 62.0 Å². The molecular formula is C21H19N3O5S2. The van der Waals surface area contributed by atoms with Crippen molar-refractivity contribution < 1.29 is 13.9 Å². The molecular weight excluding hydrogens is 438 g/mol. The number of rotatable bonds is 6. The quantitative estimate of drug-likeness (QED) is 0.259. The van der Waals surface area contributed by atoms with Crippen LogP contribution >= 0.6 is 23.1 Å². The zero-order chi connectivity index (χ0) is 22.0. The van der Waals surface area contributed by atoms with Crippen LogP contribution in [0.3, 0.4) is 0 Å². The van der Waals surface area contributed by atoms with E-state index in [1.54, 1.807) is 29.7 Å². The lowest BCUT2D eigenvalue weighted by Gasteiger charge is -2.11. The molecule has 0 spiro atoms. The Bertz CT molecular complexity index is 1390. The van der Waals surface area contributed by atoms with Gasteiger partial charge in [0.2, 0.25) is 0 Å². The average Bonchev–Trinajstić information content (AvgIpc) is 3.21. The molecule has 4 rings (SSSR count). The summed E-state index contributed by atoms with van der Waals surface area (Å²) in [5.41, 5.74) is 1.69. The first-order valence-electron chi connectivity index (χ1n) is 9.61. The first-order chi connectivity index (χ1) is 15.0. The molecule has 160 valence electrons. The fourth-order valence-electron chi connectivity index (χ4n) is 3.17. The van der Waals surface area contributed by atoms with E-state index in [0.717, 1.165) is 10.9 Å². The number of hydrogen-bond acceptors (Lipinski definition) is 8. The predicted molar refractivity (Wildman–Crippen MR) is 122 cm³/mol. The van der Waals surface area contributed by atoms with Crippen molar-refractivity contribution in [2.45, 2.75) is 31.3 Å². The fraction of sp³-hybridized carbons (Fsp3) is 0.238. The number of hydrogen-bond donors (Lipinski definition) is 1.